The Morgan fingerprint density at radius 3 is 1.65 bits per heavy atom. The highest BCUT2D eigenvalue weighted by Crippen LogP contribution is 2.18. The Morgan fingerprint density at radius 1 is 0.826 bits per heavy atom. The van der Waals surface area contributed by atoms with E-state index in [-0.39, 0.29) is 10.6 Å². The minimum Gasteiger partial charge on any atom is -0.207 e. The van der Waals surface area contributed by atoms with Crippen molar-refractivity contribution in [2.24, 2.45) is 0 Å². The van der Waals surface area contributed by atoms with Gasteiger partial charge in [-0.2, -0.15) is 0 Å². The molecule has 0 nitrogen and oxygen atoms in total. The van der Waals surface area contributed by atoms with Gasteiger partial charge in [-0.15, -0.1) is 0 Å². The molecule has 0 aliphatic carbocycles. The van der Waals surface area contributed by atoms with Gasteiger partial charge < -0.3 is 0 Å². The van der Waals surface area contributed by atoms with Crippen LogP contribution in [0.2, 0.25) is 5.02 Å². The summed E-state index contributed by atoms with van der Waals surface area (Å²) < 4.78 is 25.0. The third-order valence-electron chi connectivity index (χ3n) is 2.67. The number of aryl methyl sites for hydroxylation is 1. The van der Waals surface area contributed by atoms with E-state index < -0.39 is 11.6 Å². The molecule has 2 aromatic rings. The lowest BCUT2D eigenvalue weighted by atomic mass is 10.0. The summed E-state index contributed by atoms with van der Waals surface area (Å²) in [5, 5.41) is -0.178. The van der Waals surface area contributed by atoms with E-state index >= 15 is 0 Å². The Hall–Kier alpha value is -1.41. The van der Waals surface area contributed by atoms with Crippen molar-refractivity contribution in [3.63, 3.8) is 0 Å². The second-order valence-corrected chi connectivity index (χ2v) is 4.99. The van der Waals surface area contributed by atoms with Gasteiger partial charge in [-0.05, 0) is 36.1 Å². The van der Waals surface area contributed by atoms with E-state index in [9.17, 15) is 8.78 Å². The number of benzene rings is 2. The summed E-state index contributed by atoms with van der Waals surface area (Å²) in [5.41, 5.74) is 1.68. The lowest BCUT2D eigenvalue weighted by molar-refractivity contribution is 0.593. The third kappa shape index (κ3) is 10.1. The van der Waals surface area contributed by atoms with E-state index in [1.54, 1.807) is 0 Å². The summed E-state index contributed by atoms with van der Waals surface area (Å²) in [4.78, 5) is 0. The average molecular weight is 343 g/mol. The fraction of sp³-hybridized carbons (Fsp3) is 0.400. The van der Waals surface area contributed by atoms with Crippen LogP contribution in [0.5, 0.6) is 0 Å². The number of halogens is 3. The highest BCUT2D eigenvalue weighted by Gasteiger charge is 2.03. The molecule has 0 spiro atoms. The first-order valence-corrected chi connectivity index (χ1v) is 8.45. The maximum atomic E-state index is 12.5. The predicted octanol–water partition coefficient (Wildman–Crippen LogP) is 7.79. The SMILES string of the molecule is CC.CC.CC(C)c1ccccc1.Cc1cc(F)c(Cl)cc1F. The molecule has 0 heterocycles. The highest BCUT2D eigenvalue weighted by molar-refractivity contribution is 6.30. The van der Waals surface area contributed by atoms with Crippen molar-refractivity contribution in [1.82, 2.24) is 0 Å². The minimum atomic E-state index is -0.583. The van der Waals surface area contributed by atoms with Crippen LogP contribution in [0.15, 0.2) is 42.5 Å². The first kappa shape index (κ1) is 23.9. The molecule has 2 rings (SSSR count). The summed E-state index contributed by atoms with van der Waals surface area (Å²) >= 11 is 5.27. The number of hydrogen-bond acceptors (Lipinski definition) is 0. The zero-order chi connectivity index (χ0) is 18.4. The Bertz CT molecular complexity index is 472. The second kappa shape index (κ2) is 14.2. The van der Waals surface area contributed by atoms with E-state index in [4.69, 9.17) is 11.6 Å². The molecule has 130 valence electrons. The summed E-state index contributed by atoms with van der Waals surface area (Å²) in [5.74, 6) is -0.404. The van der Waals surface area contributed by atoms with Gasteiger partial charge in [0.2, 0.25) is 0 Å². The lowest BCUT2D eigenvalue weighted by Gasteiger charge is -2.01. The fourth-order valence-electron chi connectivity index (χ4n) is 1.46. The van der Waals surface area contributed by atoms with Crippen molar-refractivity contribution < 1.29 is 8.78 Å². The molecule has 0 fully saturated rings. The summed E-state index contributed by atoms with van der Waals surface area (Å²) in [6.45, 7) is 13.9. The number of hydrogen-bond donors (Lipinski definition) is 0. The van der Waals surface area contributed by atoms with Crippen LogP contribution < -0.4 is 0 Å². The van der Waals surface area contributed by atoms with Crippen LogP contribution in [-0.4, -0.2) is 0 Å². The number of rotatable bonds is 1. The molecule has 0 saturated carbocycles. The maximum Gasteiger partial charge on any atom is 0.142 e. The fourth-order valence-corrected chi connectivity index (χ4v) is 1.61. The standard InChI is InChI=1S/C9H12.C7H5ClF2.2C2H6/c1-8(2)9-6-4-3-5-7-9;1-4-2-7(10)5(8)3-6(4)9;2*1-2/h3-8H,1-2H3;2-3H,1H3;2*1-2H3. The lowest BCUT2D eigenvalue weighted by Crippen LogP contribution is -1.84. The molecule has 0 N–H and O–H groups in total. The largest absolute Gasteiger partial charge is 0.207 e. The Labute approximate surface area is 145 Å². The van der Waals surface area contributed by atoms with Crippen LogP contribution >= 0.6 is 11.6 Å². The van der Waals surface area contributed by atoms with Crippen LogP contribution in [-0.2, 0) is 0 Å². The van der Waals surface area contributed by atoms with Crippen LogP contribution in [0.25, 0.3) is 0 Å². The molecule has 0 saturated heterocycles. The van der Waals surface area contributed by atoms with E-state index in [1.807, 2.05) is 33.8 Å². The third-order valence-corrected chi connectivity index (χ3v) is 2.96. The van der Waals surface area contributed by atoms with E-state index in [2.05, 4.69) is 38.1 Å². The quantitative estimate of drug-likeness (QED) is 0.464. The van der Waals surface area contributed by atoms with Gasteiger partial charge in [0.25, 0.3) is 0 Å². The molecule has 0 radical (unpaired) electrons. The second-order valence-electron chi connectivity index (χ2n) is 4.58. The van der Waals surface area contributed by atoms with Crippen LogP contribution in [0, 0.1) is 18.6 Å². The van der Waals surface area contributed by atoms with Gasteiger partial charge in [-0.25, -0.2) is 8.78 Å². The van der Waals surface area contributed by atoms with Gasteiger partial charge in [0, 0.05) is 0 Å². The van der Waals surface area contributed by atoms with Gasteiger partial charge in [0.1, 0.15) is 11.6 Å². The van der Waals surface area contributed by atoms with Crippen molar-refractivity contribution in [2.75, 3.05) is 0 Å². The zero-order valence-electron chi connectivity index (χ0n) is 15.3. The van der Waals surface area contributed by atoms with Crippen molar-refractivity contribution in [3.8, 4) is 0 Å². The summed E-state index contributed by atoms with van der Waals surface area (Å²) in [6.07, 6.45) is 0. The molecule has 0 aliphatic rings. The molecular weight excluding hydrogens is 314 g/mol. The molecule has 23 heavy (non-hydrogen) atoms. The van der Waals surface area contributed by atoms with Gasteiger partial charge in [0.15, 0.2) is 0 Å². The Balaban J connectivity index is 0. The maximum absolute atomic E-state index is 12.5. The van der Waals surface area contributed by atoms with Crippen molar-refractivity contribution in [1.29, 1.82) is 0 Å². The molecule has 0 bridgehead atoms. The zero-order valence-corrected chi connectivity index (χ0v) is 16.0. The molecular formula is C20H29ClF2. The first-order valence-electron chi connectivity index (χ1n) is 8.08. The molecule has 0 aromatic heterocycles. The molecule has 0 aliphatic heterocycles. The molecule has 3 heteroatoms. The average Bonchev–Trinajstić information content (AvgIpc) is 2.58. The molecule has 0 amide bonds. The molecule has 2 aromatic carbocycles. The van der Waals surface area contributed by atoms with Crippen LogP contribution in [0.4, 0.5) is 8.78 Å². The van der Waals surface area contributed by atoms with Crippen LogP contribution in [0.3, 0.4) is 0 Å². The summed E-state index contributed by atoms with van der Waals surface area (Å²) in [6, 6.07) is 12.6. The van der Waals surface area contributed by atoms with Crippen molar-refractivity contribution in [3.05, 3.63) is 70.2 Å². The monoisotopic (exact) mass is 342 g/mol. The topological polar surface area (TPSA) is 0 Å². The Morgan fingerprint density at radius 2 is 1.30 bits per heavy atom. The minimum absolute atomic E-state index is 0.178. The normalized spacial score (nSPS) is 8.83. The Kier molecular flexibility index (Phi) is 14.7. The van der Waals surface area contributed by atoms with E-state index in [1.165, 1.54) is 12.5 Å². The highest BCUT2D eigenvalue weighted by atomic mass is 35.5. The van der Waals surface area contributed by atoms with Crippen molar-refractivity contribution in [2.45, 2.75) is 54.4 Å². The van der Waals surface area contributed by atoms with Crippen LogP contribution in [0.1, 0.15) is 58.6 Å². The smallest absolute Gasteiger partial charge is 0.142 e. The van der Waals surface area contributed by atoms with E-state index in [0.717, 1.165) is 12.1 Å². The van der Waals surface area contributed by atoms with E-state index in [0.29, 0.717) is 5.92 Å². The summed E-state index contributed by atoms with van der Waals surface area (Å²) in [7, 11) is 0. The molecule has 0 atom stereocenters. The predicted molar refractivity (Wildman–Crippen MR) is 99.3 cm³/mol. The van der Waals surface area contributed by atoms with Crippen molar-refractivity contribution >= 4 is 11.6 Å². The van der Waals surface area contributed by atoms with Gasteiger partial charge in [0.05, 0.1) is 5.02 Å². The van der Waals surface area contributed by atoms with Gasteiger partial charge >= 0.3 is 0 Å². The molecule has 0 unspecified atom stereocenters. The van der Waals surface area contributed by atoms with Gasteiger partial charge in [-0.1, -0.05) is 83.5 Å². The first-order chi connectivity index (χ1) is 10.9. The van der Waals surface area contributed by atoms with Gasteiger partial charge in [-0.3, -0.25) is 0 Å².